The standard InChI is InChI=1S/C26H40N4O3/c1-4-5-6-7-8-13-28-20-11-14-29(15-12-20)16-17-30-24-18-21(33-3)9-10-22(24)23(19-25(30)31)26(32)27-2/h9-10,18-20,28H,4-8,11-17H2,1-3H3,(H,27,32). The number of nitrogens with zero attached hydrogens (tertiary/aromatic N) is 2. The second-order valence-electron chi connectivity index (χ2n) is 8.99. The average Bonchev–Trinajstić information content (AvgIpc) is 2.85. The van der Waals surface area contributed by atoms with Crippen LogP contribution in [0.2, 0.25) is 0 Å². The number of amides is 1. The van der Waals surface area contributed by atoms with Crippen LogP contribution in [0.1, 0.15) is 62.2 Å². The third-order valence-electron chi connectivity index (χ3n) is 6.73. The normalized spacial score (nSPS) is 15.1. The van der Waals surface area contributed by atoms with Crippen molar-refractivity contribution in [3.05, 3.63) is 40.2 Å². The Labute approximate surface area is 197 Å². The molecule has 3 rings (SSSR count). The van der Waals surface area contributed by atoms with E-state index in [9.17, 15) is 9.59 Å². The number of methoxy groups -OCH3 is 1. The van der Waals surface area contributed by atoms with Gasteiger partial charge in [-0.1, -0.05) is 32.6 Å². The van der Waals surface area contributed by atoms with E-state index in [-0.39, 0.29) is 11.5 Å². The van der Waals surface area contributed by atoms with Gasteiger partial charge in [0.15, 0.2) is 0 Å². The molecule has 0 radical (unpaired) electrons. The molecule has 33 heavy (non-hydrogen) atoms. The second-order valence-corrected chi connectivity index (χ2v) is 8.99. The number of nitrogens with one attached hydrogen (secondary N) is 2. The number of hydrogen-bond donors (Lipinski definition) is 2. The molecule has 0 atom stereocenters. The van der Waals surface area contributed by atoms with E-state index in [0.717, 1.165) is 49.9 Å². The van der Waals surface area contributed by atoms with E-state index in [0.29, 0.717) is 23.9 Å². The van der Waals surface area contributed by atoms with Crippen LogP contribution in [-0.2, 0) is 6.54 Å². The average molecular weight is 457 g/mol. The van der Waals surface area contributed by atoms with Crippen LogP contribution in [0.4, 0.5) is 0 Å². The number of ether oxygens (including phenoxy) is 1. The predicted octanol–water partition coefficient (Wildman–Crippen LogP) is 3.39. The minimum atomic E-state index is -0.255. The molecule has 0 saturated carbocycles. The van der Waals surface area contributed by atoms with Crippen LogP contribution in [0.15, 0.2) is 29.1 Å². The number of benzene rings is 1. The Kier molecular flexibility index (Phi) is 9.76. The zero-order valence-corrected chi connectivity index (χ0v) is 20.5. The van der Waals surface area contributed by atoms with E-state index in [4.69, 9.17) is 4.74 Å². The van der Waals surface area contributed by atoms with Crippen molar-refractivity contribution in [1.29, 1.82) is 0 Å². The number of likely N-dealkylation sites (tertiary alicyclic amines) is 1. The summed E-state index contributed by atoms with van der Waals surface area (Å²) in [7, 11) is 3.18. The molecule has 7 nitrogen and oxygen atoms in total. The Hall–Kier alpha value is -2.38. The number of rotatable bonds is 12. The minimum Gasteiger partial charge on any atom is -0.497 e. The van der Waals surface area contributed by atoms with Crippen molar-refractivity contribution >= 4 is 16.8 Å². The van der Waals surface area contributed by atoms with E-state index >= 15 is 0 Å². The summed E-state index contributed by atoms with van der Waals surface area (Å²) in [5.74, 6) is 0.417. The largest absolute Gasteiger partial charge is 0.497 e. The fourth-order valence-electron chi connectivity index (χ4n) is 4.68. The highest BCUT2D eigenvalue weighted by Gasteiger charge is 2.20. The Balaban J connectivity index is 1.59. The van der Waals surface area contributed by atoms with Gasteiger partial charge in [-0.15, -0.1) is 0 Å². The predicted molar refractivity (Wildman–Crippen MR) is 134 cm³/mol. The number of aromatic nitrogens is 1. The summed E-state index contributed by atoms with van der Waals surface area (Å²) in [4.78, 5) is 27.7. The SMILES string of the molecule is CCCCCCCNC1CCN(CCn2c(=O)cc(C(=O)NC)c3ccc(OC)cc32)CC1. The molecule has 2 N–H and O–H groups in total. The molecular weight excluding hydrogens is 416 g/mol. The van der Waals surface area contributed by atoms with Gasteiger partial charge >= 0.3 is 0 Å². The van der Waals surface area contributed by atoms with Crippen LogP contribution in [-0.4, -0.2) is 61.8 Å². The number of pyridine rings is 1. The second kappa shape index (κ2) is 12.8. The molecule has 0 aliphatic carbocycles. The van der Waals surface area contributed by atoms with Gasteiger partial charge in [-0.25, -0.2) is 0 Å². The van der Waals surface area contributed by atoms with E-state index in [2.05, 4.69) is 22.5 Å². The number of carbonyl (C=O) groups is 1. The summed E-state index contributed by atoms with van der Waals surface area (Å²) in [5, 5.41) is 7.12. The topological polar surface area (TPSA) is 75.6 Å². The van der Waals surface area contributed by atoms with E-state index in [1.54, 1.807) is 18.7 Å². The van der Waals surface area contributed by atoms with E-state index in [1.165, 1.54) is 38.2 Å². The molecule has 1 aromatic carbocycles. The van der Waals surface area contributed by atoms with Crippen molar-refractivity contribution < 1.29 is 9.53 Å². The van der Waals surface area contributed by atoms with Crippen molar-refractivity contribution in [2.75, 3.05) is 40.3 Å². The highest BCUT2D eigenvalue weighted by molar-refractivity contribution is 6.06. The van der Waals surface area contributed by atoms with Crippen molar-refractivity contribution in [2.24, 2.45) is 0 Å². The first-order valence-electron chi connectivity index (χ1n) is 12.5. The number of piperidine rings is 1. The lowest BCUT2D eigenvalue weighted by molar-refractivity contribution is 0.0964. The lowest BCUT2D eigenvalue weighted by Gasteiger charge is -2.32. The van der Waals surface area contributed by atoms with Gasteiger partial charge in [0, 0.05) is 43.7 Å². The molecule has 0 spiro atoms. The van der Waals surface area contributed by atoms with Gasteiger partial charge in [-0.2, -0.15) is 0 Å². The lowest BCUT2D eigenvalue weighted by Crippen LogP contribution is -2.44. The summed E-state index contributed by atoms with van der Waals surface area (Å²) >= 11 is 0. The Bertz CT molecular complexity index is 964. The summed E-state index contributed by atoms with van der Waals surface area (Å²) in [5.41, 5.74) is 0.979. The third-order valence-corrected chi connectivity index (χ3v) is 6.73. The highest BCUT2D eigenvalue weighted by Crippen LogP contribution is 2.23. The third kappa shape index (κ3) is 6.81. The van der Waals surface area contributed by atoms with Gasteiger partial charge in [-0.3, -0.25) is 9.59 Å². The molecule has 1 aliphatic rings. The first-order valence-corrected chi connectivity index (χ1v) is 12.5. The number of hydrogen-bond acceptors (Lipinski definition) is 5. The number of carbonyl (C=O) groups excluding carboxylic acids is 1. The molecule has 1 aliphatic heterocycles. The molecule has 1 fully saturated rings. The van der Waals surface area contributed by atoms with Crippen LogP contribution in [0.25, 0.3) is 10.9 Å². The summed E-state index contributed by atoms with van der Waals surface area (Å²) < 4.78 is 7.15. The molecule has 7 heteroatoms. The van der Waals surface area contributed by atoms with Crippen molar-refractivity contribution in [3.63, 3.8) is 0 Å². The maximum Gasteiger partial charge on any atom is 0.251 e. The zero-order chi connectivity index (χ0) is 23.6. The van der Waals surface area contributed by atoms with E-state index in [1.807, 2.05) is 18.2 Å². The Morgan fingerprint density at radius 1 is 1.09 bits per heavy atom. The number of fused-ring (bicyclic) bond motifs is 1. The van der Waals surface area contributed by atoms with Crippen molar-refractivity contribution in [1.82, 2.24) is 20.1 Å². The van der Waals surface area contributed by atoms with Gasteiger partial charge in [0.2, 0.25) is 0 Å². The molecule has 0 unspecified atom stereocenters. The zero-order valence-electron chi connectivity index (χ0n) is 20.5. The van der Waals surface area contributed by atoms with Crippen LogP contribution in [0.5, 0.6) is 5.75 Å². The highest BCUT2D eigenvalue weighted by atomic mass is 16.5. The molecule has 2 aromatic rings. The molecule has 2 heterocycles. The molecule has 182 valence electrons. The van der Waals surface area contributed by atoms with Crippen molar-refractivity contribution in [3.8, 4) is 5.75 Å². The minimum absolute atomic E-state index is 0.158. The molecule has 1 saturated heterocycles. The molecular formula is C26H40N4O3. The first kappa shape index (κ1) is 25.2. The summed E-state index contributed by atoms with van der Waals surface area (Å²) in [6, 6.07) is 7.58. The van der Waals surface area contributed by atoms with Crippen LogP contribution in [0.3, 0.4) is 0 Å². The maximum atomic E-state index is 12.9. The van der Waals surface area contributed by atoms with Gasteiger partial charge in [0.1, 0.15) is 5.75 Å². The molecule has 1 amide bonds. The van der Waals surface area contributed by atoms with Crippen LogP contribution >= 0.6 is 0 Å². The maximum absolute atomic E-state index is 12.9. The Morgan fingerprint density at radius 2 is 1.85 bits per heavy atom. The quantitative estimate of drug-likeness (QED) is 0.479. The van der Waals surface area contributed by atoms with Gasteiger partial charge in [0.05, 0.1) is 18.2 Å². The Morgan fingerprint density at radius 3 is 2.55 bits per heavy atom. The van der Waals surface area contributed by atoms with Crippen molar-refractivity contribution in [2.45, 2.75) is 64.5 Å². The smallest absolute Gasteiger partial charge is 0.251 e. The van der Waals surface area contributed by atoms with Crippen LogP contribution < -0.4 is 20.9 Å². The van der Waals surface area contributed by atoms with Gasteiger partial charge < -0.3 is 24.8 Å². The summed E-state index contributed by atoms with van der Waals surface area (Å²) in [6.45, 7) is 6.86. The van der Waals surface area contributed by atoms with Gasteiger partial charge in [-0.05, 0) is 51.0 Å². The monoisotopic (exact) mass is 456 g/mol. The van der Waals surface area contributed by atoms with Crippen LogP contribution in [0, 0.1) is 0 Å². The molecule has 0 bridgehead atoms. The van der Waals surface area contributed by atoms with Gasteiger partial charge in [0.25, 0.3) is 11.5 Å². The lowest BCUT2D eigenvalue weighted by atomic mass is 10.0. The fourth-order valence-corrected chi connectivity index (χ4v) is 4.68. The molecule has 1 aromatic heterocycles. The number of unbranched alkanes of at least 4 members (excludes halogenated alkanes) is 4. The fraction of sp³-hybridized carbons (Fsp3) is 0.615. The van der Waals surface area contributed by atoms with E-state index < -0.39 is 0 Å². The summed E-state index contributed by atoms with van der Waals surface area (Å²) in [6.07, 6.45) is 8.87. The first-order chi connectivity index (χ1) is 16.1.